The lowest BCUT2D eigenvalue weighted by Crippen LogP contribution is -2.24. The molecule has 0 aromatic heterocycles. The Balaban J connectivity index is 2.44. The summed E-state index contributed by atoms with van der Waals surface area (Å²) in [7, 11) is 0. The van der Waals surface area contributed by atoms with Crippen molar-refractivity contribution in [1.82, 2.24) is 5.32 Å². The highest BCUT2D eigenvalue weighted by molar-refractivity contribution is 5.32. The Morgan fingerprint density at radius 3 is 2.88 bits per heavy atom. The Kier molecular flexibility index (Phi) is 5.26. The molecule has 1 rings (SSSR count). The van der Waals surface area contributed by atoms with Crippen LogP contribution in [0.2, 0.25) is 0 Å². The Hall–Kier alpha value is -1.09. The van der Waals surface area contributed by atoms with Gasteiger partial charge >= 0.3 is 0 Å². The first-order valence-electron chi connectivity index (χ1n) is 5.73. The average molecular weight is 225 g/mol. The van der Waals surface area contributed by atoms with Gasteiger partial charge in [0.25, 0.3) is 0 Å². The fourth-order valence-corrected chi connectivity index (χ4v) is 1.41. The third-order valence-electron chi connectivity index (χ3n) is 2.42. The quantitative estimate of drug-likeness (QED) is 0.803. The molecule has 0 heterocycles. The van der Waals surface area contributed by atoms with Crippen LogP contribution in [0.5, 0.6) is 5.75 Å². The summed E-state index contributed by atoms with van der Waals surface area (Å²) in [5, 5.41) is 3.26. The standard InChI is InChI=1S/C13H20FNO/c1-4-15-8-10(2)9-16-13-7-12(14)6-5-11(13)3/h5-7,10,15H,4,8-9H2,1-3H3. The van der Waals surface area contributed by atoms with Crippen molar-refractivity contribution in [2.75, 3.05) is 19.7 Å². The monoisotopic (exact) mass is 225 g/mol. The topological polar surface area (TPSA) is 21.3 Å². The maximum Gasteiger partial charge on any atom is 0.126 e. The van der Waals surface area contributed by atoms with Crippen LogP contribution in [0.3, 0.4) is 0 Å². The van der Waals surface area contributed by atoms with Gasteiger partial charge in [0.2, 0.25) is 0 Å². The average Bonchev–Trinajstić information content (AvgIpc) is 2.27. The molecule has 1 aromatic rings. The van der Waals surface area contributed by atoms with E-state index >= 15 is 0 Å². The Bertz CT molecular complexity index is 328. The molecule has 3 heteroatoms. The summed E-state index contributed by atoms with van der Waals surface area (Å²) in [6.07, 6.45) is 0. The highest BCUT2D eigenvalue weighted by Crippen LogP contribution is 2.19. The maximum absolute atomic E-state index is 13.0. The minimum absolute atomic E-state index is 0.250. The summed E-state index contributed by atoms with van der Waals surface area (Å²) in [5.74, 6) is 0.811. The fourth-order valence-electron chi connectivity index (χ4n) is 1.41. The van der Waals surface area contributed by atoms with Crippen molar-refractivity contribution in [2.45, 2.75) is 20.8 Å². The predicted molar refractivity (Wildman–Crippen MR) is 64.3 cm³/mol. The van der Waals surface area contributed by atoms with E-state index in [-0.39, 0.29) is 5.82 Å². The van der Waals surface area contributed by atoms with Crippen LogP contribution < -0.4 is 10.1 Å². The van der Waals surface area contributed by atoms with Crippen LogP contribution >= 0.6 is 0 Å². The van der Waals surface area contributed by atoms with Crippen LogP contribution in [0.15, 0.2) is 18.2 Å². The zero-order chi connectivity index (χ0) is 12.0. The third kappa shape index (κ3) is 4.19. The molecular formula is C13H20FNO. The number of hydrogen-bond acceptors (Lipinski definition) is 2. The van der Waals surface area contributed by atoms with Crippen molar-refractivity contribution in [3.8, 4) is 5.75 Å². The van der Waals surface area contributed by atoms with Gasteiger partial charge in [0, 0.05) is 18.5 Å². The van der Waals surface area contributed by atoms with E-state index in [2.05, 4.69) is 19.2 Å². The molecule has 0 amide bonds. The van der Waals surface area contributed by atoms with E-state index in [9.17, 15) is 4.39 Å². The van der Waals surface area contributed by atoms with Crippen molar-refractivity contribution in [3.05, 3.63) is 29.6 Å². The van der Waals surface area contributed by atoms with Gasteiger partial charge in [-0.25, -0.2) is 4.39 Å². The van der Waals surface area contributed by atoms with Gasteiger partial charge in [-0.2, -0.15) is 0 Å². The third-order valence-corrected chi connectivity index (χ3v) is 2.42. The zero-order valence-electron chi connectivity index (χ0n) is 10.2. The predicted octanol–water partition coefficient (Wildman–Crippen LogP) is 2.76. The van der Waals surface area contributed by atoms with Gasteiger partial charge in [-0.1, -0.05) is 19.9 Å². The Labute approximate surface area is 96.8 Å². The van der Waals surface area contributed by atoms with E-state index in [4.69, 9.17) is 4.74 Å². The molecule has 0 bridgehead atoms. The van der Waals surface area contributed by atoms with E-state index in [1.165, 1.54) is 12.1 Å². The zero-order valence-corrected chi connectivity index (χ0v) is 10.2. The van der Waals surface area contributed by atoms with E-state index < -0.39 is 0 Å². The molecule has 2 nitrogen and oxygen atoms in total. The van der Waals surface area contributed by atoms with Gasteiger partial charge < -0.3 is 10.1 Å². The molecule has 1 aromatic carbocycles. The summed E-state index contributed by atoms with van der Waals surface area (Å²) >= 11 is 0. The summed E-state index contributed by atoms with van der Waals surface area (Å²) in [6.45, 7) is 8.59. The first-order chi connectivity index (χ1) is 7.63. The number of nitrogens with one attached hydrogen (secondary N) is 1. The second kappa shape index (κ2) is 6.48. The molecule has 16 heavy (non-hydrogen) atoms. The number of aryl methyl sites for hydroxylation is 1. The summed E-state index contributed by atoms with van der Waals surface area (Å²) < 4.78 is 18.6. The van der Waals surface area contributed by atoms with Crippen LogP contribution in [-0.4, -0.2) is 19.7 Å². The van der Waals surface area contributed by atoms with Gasteiger partial charge in [-0.05, 0) is 25.1 Å². The molecule has 1 N–H and O–H groups in total. The van der Waals surface area contributed by atoms with Gasteiger partial charge in [0.15, 0.2) is 0 Å². The molecule has 0 fully saturated rings. The molecule has 0 aliphatic rings. The van der Waals surface area contributed by atoms with Gasteiger partial charge in [0.1, 0.15) is 11.6 Å². The molecule has 0 aliphatic carbocycles. The van der Waals surface area contributed by atoms with Crippen LogP contribution in [-0.2, 0) is 0 Å². The molecule has 90 valence electrons. The SMILES string of the molecule is CCNCC(C)COc1cc(F)ccc1C. The summed E-state index contributed by atoms with van der Waals surface area (Å²) in [4.78, 5) is 0. The number of benzene rings is 1. The first kappa shape index (κ1) is 13.0. The number of ether oxygens (including phenoxy) is 1. The highest BCUT2D eigenvalue weighted by atomic mass is 19.1. The van der Waals surface area contributed by atoms with Gasteiger partial charge in [-0.15, -0.1) is 0 Å². The Morgan fingerprint density at radius 2 is 2.19 bits per heavy atom. The number of halogens is 1. The van der Waals surface area contributed by atoms with Crippen LogP contribution in [0.1, 0.15) is 19.4 Å². The van der Waals surface area contributed by atoms with Crippen molar-refractivity contribution >= 4 is 0 Å². The van der Waals surface area contributed by atoms with Crippen molar-refractivity contribution in [3.63, 3.8) is 0 Å². The second-order valence-corrected chi connectivity index (χ2v) is 4.13. The lowest BCUT2D eigenvalue weighted by atomic mass is 10.2. The van der Waals surface area contributed by atoms with Gasteiger partial charge in [0.05, 0.1) is 6.61 Å². The fraction of sp³-hybridized carbons (Fsp3) is 0.538. The minimum atomic E-state index is -0.250. The second-order valence-electron chi connectivity index (χ2n) is 4.13. The lowest BCUT2D eigenvalue weighted by molar-refractivity contribution is 0.254. The molecule has 0 spiro atoms. The van der Waals surface area contributed by atoms with Crippen LogP contribution in [0.25, 0.3) is 0 Å². The van der Waals surface area contributed by atoms with Crippen molar-refractivity contribution < 1.29 is 9.13 Å². The minimum Gasteiger partial charge on any atom is -0.493 e. The summed E-state index contributed by atoms with van der Waals surface area (Å²) in [6, 6.07) is 4.62. The smallest absolute Gasteiger partial charge is 0.126 e. The molecular weight excluding hydrogens is 205 g/mol. The first-order valence-corrected chi connectivity index (χ1v) is 5.73. The van der Waals surface area contributed by atoms with Gasteiger partial charge in [-0.3, -0.25) is 0 Å². The van der Waals surface area contributed by atoms with E-state index in [0.29, 0.717) is 18.3 Å². The molecule has 0 saturated carbocycles. The van der Waals surface area contributed by atoms with Crippen LogP contribution in [0, 0.1) is 18.7 Å². The number of hydrogen-bond donors (Lipinski definition) is 1. The Morgan fingerprint density at radius 1 is 1.44 bits per heavy atom. The molecule has 0 saturated heterocycles. The summed E-state index contributed by atoms with van der Waals surface area (Å²) in [5.41, 5.74) is 0.969. The molecule has 0 radical (unpaired) electrons. The molecule has 0 aliphatic heterocycles. The number of rotatable bonds is 6. The van der Waals surface area contributed by atoms with E-state index in [1.807, 2.05) is 6.92 Å². The van der Waals surface area contributed by atoms with Crippen LogP contribution in [0.4, 0.5) is 4.39 Å². The lowest BCUT2D eigenvalue weighted by Gasteiger charge is -2.14. The maximum atomic E-state index is 13.0. The normalized spacial score (nSPS) is 12.5. The molecule has 1 unspecified atom stereocenters. The van der Waals surface area contributed by atoms with E-state index in [1.54, 1.807) is 6.07 Å². The largest absolute Gasteiger partial charge is 0.493 e. The van der Waals surface area contributed by atoms with Crippen molar-refractivity contribution in [2.24, 2.45) is 5.92 Å². The van der Waals surface area contributed by atoms with E-state index in [0.717, 1.165) is 18.7 Å². The highest BCUT2D eigenvalue weighted by Gasteiger charge is 2.05. The van der Waals surface area contributed by atoms with Crippen molar-refractivity contribution in [1.29, 1.82) is 0 Å². The molecule has 1 atom stereocenters.